The summed E-state index contributed by atoms with van der Waals surface area (Å²) in [4.78, 5) is 14.7. The Hall–Kier alpha value is -2.17. The van der Waals surface area contributed by atoms with Gasteiger partial charge in [0.1, 0.15) is 0 Å². The van der Waals surface area contributed by atoms with Crippen molar-refractivity contribution in [1.82, 2.24) is 10.2 Å². The van der Waals surface area contributed by atoms with E-state index in [1.807, 2.05) is 24.3 Å². The van der Waals surface area contributed by atoms with Crippen molar-refractivity contribution in [3.05, 3.63) is 70.8 Å². The summed E-state index contributed by atoms with van der Waals surface area (Å²) >= 11 is 0. The molecule has 0 saturated carbocycles. The zero-order valence-corrected chi connectivity index (χ0v) is 15.4. The molecule has 2 aromatic carbocycles. The predicted molar refractivity (Wildman–Crippen MR) is 101 cm³/mol. The van der Waals surface area contributed by atoms with Crippen molar-refractivity contribution in [1.29, 1.82) is 0 Å². The van der Waals surface area contributed by atoms with Gasteiger partial charge in [-0.2, -0.15) is 0 Å². The molecule has 134 valence electrons. The Morgan fingerprint density at radius 3 is 2.32 bits per heavy atom. The molecular formula is C21H28N2O2. The normalized spacial score (nSPS) is 10.9. The van der Waals surface area contributed by atoms with Gasteiger partial charge in [0.15, 0.2) is 0 Å². The molecule has 2 aromatic rings. The van der Waals surface area contributed by atoms with Gasteiger partial charge in [-0.15, -0.1) is 0 Å². The van der Waals surface area contributed by atoms with Crippen LogP contribution in [0.5, 0.6) is 0 Å². The summed E-state index contributed by atoms with van der Waals surface area (Å²) in [6.07, 6.45) is 0. The van der Waals surface area contributed by atoms with Gasteiger partial charge < -0.3 is 10.1 Å². The fourth-order valence-electron chi connectivity index (χ4n) is 2.72. The van der Waals surface area contributed by atoms with Crippen LogP contribution in [0.3, 0.4) is 0 Å². The molecule has 0 radical (unpaired) electrons. The largest absolute Gasteiger partial charge is 0.380 e. The lowest BCUT2D eigenvalue weighted by molar-refractivity contribution is 0.0950. The summed E-state index contributed by atoms with van der Waals surface area (Å²) in [6, 6.07) is 16.0. The maximum Gasteiger partial charge on any atom is 0.251 e. The first kappa shape index (κ1) is 19.2. The summed E-state index contributed by atoms with van der Waals surface area (Å²) < 4.78 is 5.11. The molecule has 0 aromatic heterocycles. The summed E-state index contributed by atoms with van der Waals surface area (Å²) in [5, 5.41) is 2.98. The van der Waals surface area contributed by atoms with Crippen LogP contribution in [0.15, 0.2) is 48.5 Å². The minimum atomic E-state index is -0.0647. The summed E-state index contributed by atoms with van der Waals surface area (Å²) in [5.74, 6) is -0.0647. The zero-order valence-electron chi connectivity index (χ0n) is 15.4. The monoisotopic (exact) mass is 340 g/mol. The van der Waals surface area contributed by atoms with Gasteiger partial charge in [-0.25, -0.2) is 0 Å². The lowest BCUT2D eigenvalue weighted by Crippen LogP contribution is -2.23. The van der Waals surface area contributed by atoms with E-state index in [9.17, 15) is 4.79 Å². The summed E-state index contributed by atoms with van der Waals surface area (Å²) in [6.45, 7) is 8.46. The van der Waals surface area contributed by atoms with Crippen molar-refractivity contribution in [2.24, 2.45) is 0 Å². The van der Waals surface area contributed by atoms with Crippen molar-refractivity contribution < 1.29 is 9.53 Å². The van der Waals surface area contributed by atoms with Gasteiger partial charge in [0.25, 0.3) is 5.91 Å². The van der Waals surface area contributed by atoms with Crippen LogP contribution >= 0.6 is 0 Å². The molecule has 0 aliphatic rings. The van der Waals surface area contributed by atoms with Gasteiger partial charge in [0.2, 0.25) is 0 Å². The van der Waals surface area contributed by atoms with E-state index < -0.39 is 0 Å². The Labute approximate surface area is 150 Å². The minimum absolute atomic E-state index is 0.0647. The third kappa shape index (κ3) is 6.00. The number of hydrogen-bond donors (Lipinski definition) is 1. The molecule has 0 aliphatic carbocycles. The molecule has 0 atom stereocenters. The second kappa shape index (κ2) is 9.97. The number of carbonyl (C=O) groups excluding carboxylic acids is 1. The molecule has 0 unspecified atom stereocenters. The summed E-state index contributed by atoms with van der Waals surface area (Å²) in [5.41, 5.74) is 4.05. The average Bonchev–Trinajstić information content (AvgIpc) is 2.65. The number of benzene rings is 2. The van der Waals surface area contributed by atoms with Crippen LogP contribution in [-0.2, 0) is 24.4 Å². The molecule has 0 spiro atoms. The molecule has 1 N–H and O–H groups in total. The Morgan fingerprint density at radius 1 is 1.00 bits per heavy atom. The number of methoxy groups -OCH3 is 1. The number of nitrogens with zero attached hydrogens (tertiary/aromatic N) is 1. The fraction of sp³-hybridized carbons (Fsp3) is 0.381. The zero-order chi connectivity index (χ0) is 18.1. The highest BCUT2D eigenvalue weighted by atomic mass is 16.5. The Kier molecular flexibility index (Phi) is 7.64. The highest BCUT2D eigenvalue weighted by Gasteiger charge is 2.06. The van der Waals surface area contributed by atoms with Crippen LogP contribution in [0.2, 0.25) is 0 Å². The van der Waals surface area contributed by atoms with Crippen molar-refractivity contribution in [3.63, 3.8) is 0 Å². The second-order valence-electron chi connectivity index (χ2n) is 6.09. The van der Waals surface area contributed by atoms with Gasteiger partial charge in [0.05, 0.1) is 6.61 Å². The summed E-state index contributed by atoms with van der Waals surface area (Å²) in [7, 11) is 1.65. The molecule has 0 bridgehead atoms. The maximum absolute atomic E-state index is 12.3. The van der Waals surface area contributed by atoms with Crippen LogP contribution in [0.1, 0.15) is 40.9 Å². The fourth-order valence-corrected chi connectivity index (χ4v) is 2.72. The first-order valence-corrected chi connectivity index (χ1v) is 8.82. The highest BCUT2D eigenvalue weighted by Crippen LogP contribution is 2.09. The molecule has 4 heteroatoms. The number of hydrogen-bond acceptors (Lipinski definition) is 3. The molecule has 1 amide bonds. The van der Waals surface area contributed by atoms with E-state index in [2.05, 4.69) is 48.3 Å². The number of nitrogens with one attached hydrogen (secondary N) is 1. The van der Waals surface area contributed by atoms with Crippen molar-refractivity contribution in [2.75, 3.05) is 20.2 Å². The van der Waals surface area contributed by atoms with Gasteiger partial charge in [-0.05, 0) is 41.9 Å². The Morgan fingerprint density at radius 2 is 1.68 bits per heavy atom. The number of amides is 1. The van der Waals surface area contributed by atoms with Gasteiger partial charge in [-0.3, -0.25) is 9.69 Å². The second-order valence-corrected chi connectivity index (χ2v) is 6.09. The predicted octanol–water partition coefficient (Wildman–Crippen LogP) is 3.60. The first-order valence-electron chi connectivity index (χ1n) is 8.82. The molecule has 0 heterocycles. The topological polar surface area (TPSA) is 41.6 Å². The quantitative estimate of drug-likeness (QED) is 0.758. The highest BCUT2D eigenvalue weighted by molar-refractivity contribution is 5.94. The lowest BCUT2D eigenvalue weighted by Gasteiger charge is -2.18. The van der Waals surface area contributed by atoms with E-state index in [1.54, 1.807) is 7.11 Å². The third-order valence-electron chi connectivity index (χ3n) is 4.28. The molecular weight excluding hydrogens is 312 g/mol. The van der Waals surface area contributed by atoms with E-state index in [0.717, 1.165) is 30.8 Å². The number of ether oxygens (including phenoxy) is 1. The number of carbonyl (C=O) groups is 1. The number of rotatable bonds is 9. The molecule has 0 saturated heterocycles. The SMILES string of the molecule is CCN(CC)Cc1ccc(CNC(=O)c2cccc(COC)c2)cc1. The van der Waals surface area contributed by atoms with Crippen molar-refractivity contribution in [3.8, 4) is 0 Å². The van der Waals surface area contributed by atoms with E-state index >= 15 is 0 Å². The molecule has 2 rings (SSSR count). The van der Waals surface area contributed by atoms with Gasteiger partial charge in [-0.1, -0.05) is 50.2 Å². The molecule has 25 heavy (non-hydrogen) atoms. The van der Waals surface area contributed by atoms with E-state index in [0.29, 0.717) is 18.7 Å². The van der Waals surface area contributed by atoms with Crippen molar-refractivity contribution >= 4 is 5.91 Å². The Balaban J connectivity index is 1.90. The van der Waals surface area contributed by atoms with Crippen LogP contribution in [0.25, 0.3) is 0 Å². The van der Waals surface area contributed by atoms with Crippen LogP contribution in [0.4, 0.5) is 0 Å². The van der Waals surface area contributed by atoms with Crippen molar-refractivity contribution in [2.45, 2.75) is 33.5 Å². The minimum Gasteiger partial charge on any atom is -0.380 e. The Bertz CT molecular complexity index is 664. The van der Waals surface area contributed by atoms with Gasteiger partial charge in [0, 0.05) is 25.8 Å². The first-order chi connectivity index (χ1) is 12.2. The van der Waals surface area contributed by atoms with Crippen LogP contribution < -0.4 is 5.32 Å². The molecule has 0 fully saturated rings. The van der Waals surface area contributed by atoms with Crippen LogP contribution in [0, 0.1) is 0 Å². The van der Waals surface area contributed by atoms with Gasteiger partial charge >= 0.3 is 0 Å². The average molecular weight is 340 g/mol. The third-order valence-corrected chi connectivity index (χ3v) is 4.28. The van der Waals surface area contributed by atoms with E-state index in [-0.39, 0.29) is 5.91 Å². The standard InChI is InChI=1S/C21H28N2O2/c1-4-23(5-2)15-18-11-9-17(10-12-18)14-22-21(24)20-8-6-7-19(13-20)16-25-3/h6-13H,4-5,14-16H2,1-3H3,(H,22,24). The smallest absolute Gasteiger partial charge is 0.251 e. The molecule has 4 nitrogen and oxygen atoms in total. The lowest BCUT2D eigenvalue weighted by atomic mass is 10.1. The molecule has 0 aliphatic heterocycles. The van der Waals surface area contributed by atoms with E-state index in [4.69, 9.17) is 4.74 Å². The van der Waals surface area contributed by atoms with E-state index in [1.165, 1.54) is 5.56 Å². The maximum atomic E-state index is 12.3. The van der Waals surface area contributed by atoms with Crippen LogP contribution in [-0.4, -0.2) is 31.0 Å².